The predicted molar refractivity (Wildman–Crippen MR) is 117 cm³/mol. The molecule has 1 amide bonds. The van der Waals surface area contributed by atoms with E-state index in [0.29, 0.717) is 21.7 Å². The summed E-state index contributed by atoms with van der Waals surface area (Å²) in [5, 5.41) is 0.429. The Morgan fingerprint density at radius 3 is 2.10 bits per heavy atom. The first-order chi connectivity index (χ1) is 14.3. The number of primary amides is 1. The Morgan fingerprint density at radius 2 is 1.50 bits per heavy atom. The van der Waals surface area contributed by atoms with Gasteiger partial charge in [0.25, 0.3) is 0 Å². The molecule has 0 saturated carbocycles. The number of rotatable bonds is 7. The summed E-state index contributed by atoms with van der Waals surface area (Å²) >= 11 is 6.59. The summed E-state index contributed by atoms with van der Waals surface area (Å²) in [6.07, 6.45) is -0.319. The summed E-state index contributed by atoms with van der Waals surface area (Å²) in [5.41, 5.74) is 12.8. The minimum Gasteiger partial charge on any atom is -0.443 e. The quantitative estimate of drug-likeness (QED) is 0.448. The minimum atomic E-state index is -1.36. The van der Waals surface area contributed by atoms with Crippen molar-refractivity contribution in [2.75, 3.05) is 0 Å². The van der Waals surface area contributed by atoms with Gasteiger partial charge in [0.1, 0.15) is 6.04 Å². The van der Waals surface area contributed by atoms with Crippen molar-refractivity contribution in [1.82, 2.24) is 0 Å². The Morgan fingerprint density at radius 1 is 0.933 bits per heavy atom. The molecule has 0 saturated heterocycles. The highest BCUT2D eigenvalue weighted by Gasteiger charge is 2.43. The molecule has 0 aromatic heterocycles. The SMILES string of the molecule is Cc1ccc(C(OC(=O)[C@@H](N)CC(N)=O)(c2ccccc2)c2ccccc2Cl)cc1. The molecular formula is C24H23ClN2O3. The molecule has 0 spiro atoms. The van der Waals surface area contributed by atoms with Crippen LogP contribution in [0.3, 0.4) is 0 Å². The van der Waals surface area contributed by atoms with Crippen molar-refractivity contribution in [3.8, 4) is 0 Å². The van der Waals surface area contributed by atoms with Gasteiger partial charge in [0, 0.05) is 21.7 Å². The van der Waals surface area contributed by atoms with Crippen molar-refractivity contribution >= 4 is 23.5 Å². The van der Waals surface area contributed by atoms with E-state index in [0.717, 1.165) is 5.56 Å². The molecule has 3 aromatic rings. The highest BCUT2D eigenvalue weighted by molar-refractivity contribution is 6.31. The van der Waals surface area contributed by atoms with E-state index >= 15 is 0 Å². The van der Waals surface area contributed by atoms with Crippen LogP contribution in [0.25, 0.3) is 0 Å². The molecule has 3 rings (SSSR count). The third kappa shape index (κ3) is 4.37. The second-order valence-corrected chi connectivity index (χ2v) is 7.50. The molecule has 4 N–H and O–H groups in total. The standard InChI is InChI=1S/C24H23ClN2O3/c1-16-11-13-18(14-12-16)24(17-7-3-2-4-8-17,19-9-5-6-10-20(19)25)30-23(29)21(26)15-22(27)28/h2-14,21H,15,26H2,1H3,(H2,27,28)/t21-,24?/m0/s1. The maximum atomic E-state index is 13.0. The Labute approximate surface area is 180 Å². The second kappa shape index (κ2) is 9.11. The van der Waals surface area contributed by atoms with Gasteiger partial charge in [0.15, 0.2) is 5.60 Å². The molecule has 5 nitrogen and oxygen atoms in total. The molecular weight excluding hydrogens is 400 g/mol. The monoisotopic (exact) mass is 422 g/mol. The second-order valence-electron chi connectivity index (χ2n) is 7.09. The number of hydrogen-bond acceptors (Lipinski definition) is 4. The van der Waals surface area contributed by atoms with Crippen LogP contribution in [0, 0.1) is 6.92 Å². The maximum Gasteiger partial charge on any atom is 0.325 e. The highest BCUT2D eigenvalue weighted by Crippen LogP contribution is 2.43. The molecule has 0 heterocycles. The van der Waals surface area contributed by atoms with Gasteiger partial charge >= 0.3 is 5.97 Å². The van der Waals surface area contributed by atoms with E-state index in [1.165, 1.54) is 0 Å². The van der Waals surface area contributed by atoms with Gasteiger partial charge in [-0.15, -0.1) is 0 Å². The first-order valence-corrected chi connectivity index (χ1v) is 9.87. The Balaban J connectivity index is 2.27. The van der Waals surface area contributed by atoms with Gasteiger partial charge in [-0.3, -0.25) is 9.59 Å². The summed E-state index contributed by atoms with van der Waals surface area (Å²) in [7, 11) is 0. The third-order valence-corrected chi connectivity index (χ3v) is 5.20. The molecule has 3 aromatic carbocycles. The Kier molecular flexibility index (Phi) is 6.55. The summed E-state index contributed by atoms with van der Waals surface area (Å²) in [4.78, 5) is 24.3. The molecule has 2 atom stereocenters. The number of carbonyl (C=O) groups excluding carboxylic acids is 2. The van der Waals surface area contributed by atoms with E-state index in [2.05, 4.69) is 0 Å². The van der Waals surface area contributed by atoms with Crippen LogP contribution in [-0.4, -0.2) is 17.9 Å². The molecule has 0 aliphatic rings. The molecule has 0 aliphatic carbocycles. The van der Waals surface area contributed by atoms with Crippen LogP contribution in [0.5, 0.6) is 0 Å². The number of carbonyl (C=O) groups is 2. The van der Waals surface area contributed by atoms with Crippen molar-refractivity contribution in [1.29, 1.82) is 0 Å². The lowest BCUT2D eigenvalue weighted by atomic mass is 9.79. The predicted octanol–water partition coefficient (Wildman–Crippen LogP) is 3.69. The van der Waals surface area contributed by atoms with Crippen molar-refractivity contribution in [3.63, 3.8) is 0 Å². The number of halogens is 1. The fourth-order valence-corrected chi connectivity index (χ4v) is 3.65. The number of aryl methyl sites for hydroxylation is 1. The molecule has 1 unspecified atom stereocenters. The van der Waals surface area contributed by atoms with Gasteiger partial charge in [-0.1, -0.05) is 90.0 Å². The van der Waals surface area contributed by atoms with Gasteiger partial charge in [-0.2, -0.15) is 0 Å². The zero-order valence-corrected chi connectivity index (χ0v) is 17.3. The lowest BCUT2D eigenvalue weighted by Gasteiger charge is -2.36. The average molecular weight is 423 g/mol. The van der Waals surface area contributed by atoms with Crippen LogP contribution < -0.4 is 11.5 Å². The highest BCUT2D eigenvalue weighted by atomic mass is 35.5. The fourth-order valence-electron chi connectivity index (χ4n) is 3.39. The van der Waals surface area contributed by atoms with Gasteiger partial charge < -0.3 is 16.2 Å². The molecule has 0 radical (unpaired) electrons. The van der Waals surface area contributed by atoms with E-state index < -0.39 is 23.5 Å². The van der Waals surface area contributed by atoms with Gasteiger partial charge in [0.2, 0.25) is 5.91 Å². The smallest absolute Gasteiger partial charge is 0.325 e. The van der Waals surface area contributed by atoms with Crippen molar-refractivity contribution in [2.24, 2.45) is 11.5 Å². The van der Waals surface area contributed by atoms with Gasteiger partial charge in [-0.25, -0.2) is 0 Å². The first kappa shape index (κ1) is 21.6. The molecule has 30 heavy (non-hydrogen) atoms. The lowest BCUT2D eigenvalue weighted by Crippen LogP contribution is -2.43. The van der Waals surface area contributed by atoms with Gasteiger partial charge in [0.05, 0.1) is 6.42 Å². The third-order valence-electron chi connectivity index (χ3n) is 4.87. The summed E-state index contributed by atoms with van der Waals surface area (Å²) < 4.78 is 6.12. The molecule has 0 aliphatic heterocycles. The zero-order valence-electron chi connectivity index (χ0n) is 16.5. The fraction of sp³-hybridized carbons (Fsp3) is 0.167. The van der Waals surface area contributed by atoms with Crippen molar-refractivity contribution in [3.05, 3.63) is 106 Å². The lowest BCUT2D eigenvalue weighted by molar-refractivity contribution is -0.156. The van der Waals surface area contributed by atoms with E-state index in [1.807, 2.05) is 73.7 Å². The summed E-state index contributed by atoms with van der Waals surface area (Å²) in [5.74, 6) is -1.43. The van der Waals surface area contributed by atoms with Crippen molar-refractivity contribution in [2.45, 2.75) is 25.0 Å². The van der Waals surface area contributed by atoms with E-state index in [9.17, 15) is 9.59 Å². The summed E-state index contributed by atoms with van der Waals surface area (Å²) in [6.45, 7) is 1.97. The average Bonchev–Trinajstić information content (AvgIpc) is 2.73. The molecule has 154 valence electrons. The Hall–Kier alpha value is -3.15. The summed E-state index contributed by atoms with van der Waals surface area (Å²) in [6, 6.07) is 22.9. The topological polar surface area (TPSA) is 95.4 Å². The van der Waals surface area contributed by atoms with Crippen LogP contribution in [-0.2, 0) is 19.9 Å². The number of esters is 1. The number of ether oxygens (including phenoxy) is 1. The number of amides is 1. The van der Waals surface area contributed by atoms with Crippen LogP contribution in [0.1, 0.15) is 28.7 Å². The Bertz CT molecular complexity index is 1040. The number of hydrogen-bond donors (Lipinski definition) is 2. The van der Waals surface area contributed by atoms with Crippen LogP contribution >= 0.6 is 11.6 Å². The molecule has 0 fully saturated rings. The van der Waals surface area contributed by atoms with E-state index in [1.54, 1.807) is 12.1 Å². The molecule has 0 bridgehead atoms. The molecule has 6 heteroatoms. The van der Waals surface area contributed by atoms with Crippen molar-refractivity contribution < 1.29 is 14.3 Å². The van der Waals surface area contributed by atoms with E-state index in [-0.39, 0.29) is 6.42 Å². The number of benzene rings is 3. The van der Waals surface area contributed by atoms with Gasteiger partial charge in [-0.05, 0) is 13.0 Å². The van der Waals surface area contributed by atoms with E-state index in [4.69, 9.17) is 27.8 Å². The zero-order chi connectivity index (χ0) is 21.7. The minimum absolute atomic E-state index is 0.319. The van der Waals surface area contributed by atoms with Crippen LogP contribution in [0.2, 0.25) is 5.02 Å². The van der Waals surface area contributed by atoms with Crippen LogP contribution in [0.15, 0.2) is 78.9 Å². The van der Waals surface area contributed by atoms with Crippen LogP contribution in [0.4, 0.5) is 0 Å². The number of nitrogens with two attached hydrogens (primary N) is 2. The largest absolute Gasteiger partial charge is 0.443 e. The first-order valence-electron chi connectivity index (χ1n) is 9.49. The maximum absolute atomic E-state index is 13.0. The normalized spacial score (nSPS) is 13.8.